The van der Waals surface area contributed by atoms with Crippen molar-refractivity contribution in [3.8, 4) is 5.75 Å². The second-order valence-electron chi connectivity index (χ2n) is 4.89. The van der Waals surface area contributed by atoms with Gasteiger partial charge in [-0.1, -0.05) is 18.2 Å². The van der Waals surface area contributed by atoms with Gasteiger partial charge in [0.25, 0.3) is 10.0 Å². The van der Waals surface area contributed by atoms with E-state index in [1.54, 1.807) is 38.4 Å². The maximum absolute atomic E-state index is 12.7. The smallest absolute Gasteiger partial charge is 0.264 e. The molecule has 0 atom stereocenters. The Morgan fingerprint density at radius 1 is 1.00 bits per heavy atom. The molecule has 2 rings (SSSR count). The van der Waals surface area contributed by atoms with Gasteiger partial charge >= 0.3 is 0 Å². The molecule has 2 aromatic carbocycles. The molecule has 0 aromatic heterocycles. The van der Waals surface area contributed by atoms with E-state index in [0.717, 1.165) is 11.1 Å². The molecule has 0 N–H and O–H groups in total. The molecule has 0 saturated carbocycles. The molecule has 2 aromatic rings. The van der Waals surface area contributed by atoms with Crippen LogP contribution in [0.1, 0.15) is 11.1 Å². The molecular formula is C16H19NO3S. The van der Waals surface area contributed by atoms with Crippen molar-refractivity contribution in [2.24, 2.45) is 0 Å². The van der Waals surface area contributed by atoms with E-state index in [-0.39, 0.29) is 4.90 Å². The molecular weight excluding hydrogens is 286 g/mol. The highest BCUT2D eigenvalue weighted by atomic mass is 32.2. The van der Waals surface area contributed by atoms with Crippen LogP contribution in [0.4, 0.5) is 5.69 Å². The summed E-state index contributed by atoms with van der Waals surface area (Å²) in [5, 5.41) is 0. The quantitative estimate of drug-likeness (QED) is 0.872. The summed E-state index contributed by atoms with van der Waals surface area (Å²) in [5.41, 5.74) is 2.37. The Balaban J connectivity index is 2.47. The van der Waals surface area contributed by atoms with Crippen LogP contribution < -0.4 is 9.04 Å². The van der Waals surface area contributed by atoms with E-state index in [0.29, 0.717) is 11.4 Å². The van der Waals surface area contributed by atoms with E-state index >= 15 is 0 Å². The third kappa shape index (κ3) is 2.88. The lowest BCUT2D eigenvalue weighted by atomic mass is 10.2. The summed E-state index contributed by atoms with van der Waals surface area (Å²) < 4.78 is 31.9. The normalized spacial score (nSPS) is 11.2. The van der Waals surface area contributed by atoms with E-state index in [1.165, 1.54) is 4.31 Å². The van der Waals surface area contributed by atoms with Gasteiger partial charge in [-0.3, -0.25) is 4.31 Å². The number of anilines is 1. The summed E-state index contributed by atoms with van der Waals surface area (Å²) in [6.45, 7) is 3.71. The molecule has 0 aliphatic rings. The van der Waals surface area contributed by atoms with E-state index in [1.807, 2.05) is 32.0 Å². The highest BCUT2D eigenvalue weighted by Gasteiger charge is 2.22. The maximum Gasteiger partial charge on any atom is 0.264 e. The lowest BCUT2D eigenvalue weighted by Crippen LogP contribution is -2.27. The SMILES string of the molecule is COc1ccc(S(=O)(=O)N(C)c2ccccc2C)cc1C. The molecule has 21 heavy (non-hydrogen) atoms. The number of benzene rings is 2. The van der Waals surface area contributed by atoms with Gasteiger partial charge in [-0.25, -0.2) is 8.42 Å². The second kappa shape index (κ2) is 5.77. The van der Waals surface area contributed by atoms with Gasteiger partial charge < -0.3 is 4.74 Å². The molecule has 0 spiro atoms. The third-order valence-corrected chi connectivity index (χ3v) is 5.25. The average molecular weight is 305 g/mol. The topological polar surface area (TPSA) is 46.6 Å². The molecule has 5 heteroatoms. The zero-order chi connectivity index (χ0) is 15.6. The predicted octanol–water partition coefficient (Wildman–Crippen LogP) is 3.14. The van der Waals surface area contributed by atoms with Gasteiger partial charge in [-0.2, -0.15) is 0 Å². The summed E-state index contributed by atoms with van der Waals surface area (Å²) >= 11 is 0. The molecule has 112 valence electrons. The van der Waals surface area contributed by atoms with Crippen LogP contribution in [-0.4, -0.2) is 22.6 Å². The van der Waals surface area contributed by atoms with E-state index in [9.17, 15) is 8.42 Å². The average Bonchev–Trinajstić information content (AvgIpc) is 2.47. The number of ether oxygens (including phenoxy) is 1. The standard InChI is InChI=1S/C16H19NO3S/c1-12-7-5-6-8-15(12)17(3)21(18,19)14-9-10-16(20-4)13(2)11-14/h5-11H,1-4H3. The van der Waals surface area contributed by atoms with Crippen LogP contribution in [0.15, 0.2) is 47.4 Å². The monoisotopic (exact) mass is 305 g/mol. The molecule has 0 heterocycles. The molecule has 4 nitrogen and oxygen atoms in total. The van der Waals surface area contributed by atoms with Gasteiger partial charge in [0.1, 0.15) is 5.75 Å². The Morgan fingerprint density at radius 3 is 2.24 bits per heavy atom. The van der Waals surface area contributed by atoms with Crippen LogP contribution in [0, 0.1) is 13.8 Å². The van der Waals surface area contributed by atoms with Crippen LogP contribution in [0.5, 0.6) is 5.75 Å². The molecule has 0 bridgehead atoms. The number of rotatable bonds is 4. The number of sulfonamides is 1. The van der Waals surface area contributed by atoms with Crippen molar-refractivity contribution in [2.75, 3.05) is 18.5 Å². The third-order valence-electron chi connectivity index (χ3n) is 3.48. The van der Waals surface area contributed by atoms with Crippen LogP contribution in [0.2, 0.25) is 0 Å². The van der Waals surface area contributed by atoms with Crippen LogP contribution in [0.25, 0.3) is 0 Å². The van der Waals surface area contributed by atoms with Gasteiger partial charge in [-0.05, 0) is 49.2 Å². The zero-order valence-electron chi connectivity index (χ0n) is 12.6. The second-order valence-corrected chi connectivity index (χ2v) is 6.86. The summed E-state index contributed by atoms with van der Waals surface area (Å²) in [7, 11) is -0.452. The first-order valence-electron chi connectivity index (χ1n) is 6.57. The molecule has 0 aliphatic heterocycles. The number of hydrogen-bond donors (Lipinski definition) is 0. The highest BCUT2D eigenvalue weighted by Crippen LogP contribution is 2.27. The van der Waals surface area contributed by atoms with Crippen LogP contribution >= 0.6 is 0 Å². The largest absolute Gasteiger partial charge is 0.496 e. The Kier molecular flexibility index (Phi) is 4.23. The first-order valence-corrected chi connectivity index (χ1v) is 8.01. The summed E-state index contributed by atoms with van der Waals surface area (Å²) in [4.78, 5) is 0.256. The van der Waals surface area contributed by atoms with Crippen molar-refractivity contribution < 1.29 is 13.2 Å². The van der Waals surface area contributed by atoms with Crippen molar-refractivity contribution >= 4 is 15.7 Å². The fourth-order valence-electron chi connectivity index (χ4n) is 2.22. The van der Waals surface area contributed by atoms with Gasteiger partial charge in [-0.15, -0.1) is 0 Å². The fourth-order valence-corrected chi connectivity index (χ4v) is 3.56. The van der Waals surface area contributed by atoms with Crippen molar-refractivity contribution in [3.63, 3.8) is 0 Å². The Bertz CT molecular complexity index is 754. The van der Waals surface area contributed by atoms with E-state index in [2.05, 4.69) is 0 Å². The number of nitrogens with zero attached hydrogens (tertiary/aromatic N) is 1. The molecule has 0 radical (unpaired) electrons. The molecule has 0 unspecified atom stereocenters. The van der Waals surface area contributed by atoms with Gasteiger partial charge in [0.2, 0.25) is 0 Å². The highest BCUT2D eigenvalue weighted by molar-refractivity contribution is 7.92. The summed E-state index contributed by atoms with van der Waals surface area (Å²) in [6, 6.07) is 12.3. The van der Waals surface area contributed by atoms with E-state index in [4.69, 9.17) is 4.74 Å². The minimum Gasteiger partial charge on any atom is -0.496 e. The predicted molar refractivity (Wildman–Crippen MR) is 84.5 cm³/mol. The Morgan fingerprint density at radius 2 is 1.67 bits per heavy atom. The van der Waals surface area contributed by atoms with Crippen molar-refractivity contribution in [2.45, 2.75) is 18.7 Å². The summed E-state index contributed by atoms with van der Waals surface area (Å²) in [6.07, 6.45) is 0. The number of aryl methyl sites for hydroxylation is 2. The van der Waals surface area contributed by atoms with Crippen molar-refractivity contribution in [3.05, 3.63) is 53.6 Å². The lowest BCUT2D eigenvalue weighted by molar-refractivity contribution is 0.411. The first-order chi connectivity index (χ1) is 9.87. The van der Waals surface area contributed by atoms with Gasteiger partial charge in [0.15, 0.2) is 0 Å². The number of hydrogen-bond acceptors (Lipinski definition) is 3. The van der Waals surface area contributed by atoms with Crippen molar-refractivity contribution in [1.29, 1.82) is 0 Å². The first kappa shape index (κ1) is 15.4. The summed E-state index contributed by atoms with van der Waals surface area (Å²) in [5.74, 6) is 0.674. The number of methoxy groups -OCH3 is 1. The van der Waals surface area contributed by atoms with Crippen LogP contribution in [0.3, 0.4) is 0 Å². The Labute approximate surface area is 126 Å². The van der Waals surface area contributed by atoms with E-state index < -0.39 is 10.0 Å². The molecule has 0 amide bonds. The number of para-hydroxylation sites is 1. The van der Waals surface area contributed by atoms with Crippen LogP contribution in [-0.2, 0) is 10.0 Å². The molecule has 0 aliphatic carbocycles. The molecule has 0 saturated heterocycles. The fraction of sp³-hybridized carbons (Fsp3) is 0.250. The minimum atomic E-state index is -3.58. The van der Waals surface area contributed by atoms with Crippen molar-refractivity contribution in [1.82, 2.24) is 0 Å². The lowest BCUT2D eigenvalue weighted by Gasteiger charge is -2.21. The zero-order valence-corrected chi connectivity index (χ0v) is 13.4. The molecule has 0 fully saturated rings. The van der Waals surface area contributed by atoms with Gasteiger partial charge in [0.05, 0.1) is 17.7 Å². The minimum absolute atomic E-state index is 0.256. The van der Waals surface area contributed by atoms with Gasteiger partial charge in [0, 0.05) is 7.05 Å². The maximum atomic E-state index is 12.7. The Hall–Kier alpha value is -2.01.